The van der Waals surface area contributed by atoms with E-state index in [0.29, 0.717) is 29.4 Å². The number of esters is 1. The molecule has 33 heavy (non-hydrogen) atoms. The predicted octanol–water partition coefficient (Wildman–Crippen LogP) is 5.28. The van der Waals surface area contributed by atoms with Crippen LogP contribution in [0.15, 0.2) is 42.5 Å². The van der Waals surface area contributed by atoms with Crippen molar-refractivity contribution in [2.24, 2.45) is 0 Å². The Morgan fingerprint density at radius 3 is 2.21 bits per heavy atom. The van der Waals surface area contributed by atoms with Crippen molar-refractivity contribution in [3.8, 4) is 0 Å². The number of halogens is 2. The van der Waals surface area contributed by atoms with Crippen LogP contribution in [0.4, 0.5) is 0 Å². The number of nitrogens with zero attached hydrogens (tertiary/aromatic N) is 2. The minimum Gasteiger partial charge on any atom is -0.481 e. The Balaban J connectivity index is 1.62. The van der Waals surface area contributed by atoms with Crippen molar-refractivity contribution >= 4 is 35.1 Å². The Kier molecular flexibility index (Phi) is 8.53. The molecule has 174 valence electrons. The summed E-state index contributed by atoms with van der Waals surface area (Å²) in [5.74, 6) is -1.19. The van der Waals surface area contributed by atoms with Gasteiger partial charge in [-0.1, -0.05) is 67.4 Å². The molecular formula is C25H26Cl2N2O4. The first-order valence-electron chi connectivity index (χ1n) is 10.8. The average molecular weight is 489 g/mol. The normalized spacial score (nSPS) is 10.9. The second kappa shape index (κ2) is 11.3. The summed E-state index contributed by atoms with van der Waals surface area (Å²) < 4.78 is 7.23. The molecule has 0 spiro atoms. The number of carboxylic acid groups (broad SMARTS) is 1. The van der Waals surface area contributed by atoms with E-state index in [1.807, 2.05) is 42.8 Å². The number of aromatic nitrogens is 2. The van der Waals surface area contributed by atoms with E-state index in [9.17, 15) is 14.7 Å². The van der Waals surface area contributed by atoms with E-state index < -0.39 is 5.97 Å². The van der Waals surface area contributed by atoms with Crippen LogP contribution in [0.2, 0.25) is 10.0 Å². The lowest BCUT2D eigenvalue weighted by atomic mass is 10.1. The van der Waals surface area contributed by atoms with Crippen LogP contribution in [0.5, 0.6) is 0 Å². The van der Waals surface area contributed by atoms with Crippen LogP contribution >= 0.6 is 23.2 Å². The summed E-state index contributed by atoms with van der Waals surface area (Å²) in [6.45, 7) is 4.65. The van der Waals surface area contributed by atoms with Crippen LogP contribution in [0.3, 0.4) is 0 Å². The van der Waals surface area contributed by atoms with Gasteiger partial charge in [0, 0.05) is 11.3 Å². The van der Waals surface area contributed by atoms with E-state index in [0.717, 1.165) is 33.6 Å². The second-order valence-corrected chi connectivity index (χ2v) is 8.52. The molecule has 2 aromatic carbocycles. The molecule has 0 unspecified atom stereocenters. The number of hydrogen-bond donors (Lipinski definition) is 1. The maximum Gasteiger partial charge on any atom is 0.310 e. The number of rotatable bonds is 10. The average Bonchev–Trinajstić information content (AvgIpc) is 3.11. The molecule has 0 saturated heterocycles. The Hall–Kier alpha value is -2.83. The number of ether oxygens (including phenoxy) is 1. The van der Waals surface area contributed by atoms with Gasteiger partial charge in [0.25, 0.3) is 0 Å². The lowest BCUT2D eigenvalue weighted by Crippen LogP contribution is -2.09. The number of carbonyl (C=O) groups excluding carboxylic acids is 1. The van der Waals surface area contributed by atoms with Crippen molar-refractivity contribution in [2.45, 2.75) is 52.7 Å². The summed E-state index contributed by atoms with van der Waals surface area (Å²) in [7, 11) is 0. The fourth-order valence-corrected chi connectivity index (χ4v) is 4.02. The molecule has 0 aliphatic carbocycles. The molecule has 0 bridgehead atoms. The largest absolute Gasteiger partial charge is 0.481 e. The Morgan fingerprint density at radius 2 is 1.61 bits per heavy atom. The Labute approximate surface area is 203 Å². The van der Waals surface area contributed by atoms with Crippen molar-refractivity contribution in [1.82, 2.24) is 9.78 Å². The molecule has 6 nitrogen and oxygen atoms in total. The van der Waals surface area contributed by atoms with Gasteiger partial charge in [0.2, 0.25) is 0 Å². The van der Waals surface area contributed by atoms with Gasteiger partial charge < -0.3 is 9.84 Å². The van der Waals surface area contributed by atoms with Gasteiger partial charge in [-0.2, -0.15) is 5.10 Å². The quantitative estimate of drug-likeness (QED) is 0.392. The molecule has 0 radical (unpaired) electrons. The molecule has 0 aliphatic rings. The van der Waals surface area contributed by atoms with E-state index >= 15 is 0 Å². The van der Waals surface area contributed by atoms with Crippen molar-refractivity contribution in [3.63, 3.8) is 0 Å². The number of carbonyl (C=O) groups is 2. The molecule has 1 heterocycles. The van der Waals surface area contributed by atoms with Gasteiger partial charge in [-0.25, -0.2) is 0 Å². The van der Waals surface area contributed by atoms with E-state index in [1.165, 1.54) is 0 Å². The molecule has 0 amide bonds. The van der Waals surface area contributed by atoms with Crippen LogP contribution in [-0.2, 0) is 53.2 Å². The van der Waals surface area contributed by atoms with Crippen LogP contribution in [0.25, 0.3) is 0 Å². The number of carboxylic acids is 1. The van der Waals surface area contributed by atoms with E-state index in [2.05, 4.69) is 5.10 Å². The van der Waals surface area contributed by atoms with Crippen LogP contribution in [-0.4, -0.2) is 26.8 Å². The fourth-order valence-electron chi connectivity index (χ4n) is 3.70. The SMILES string of the molecule is CCc1nn(Cc2ccc(CC(=O)OCc3ccc(Cl)c(Cl)c3)cc2)c(CC)c1CC(=O)O. The maximum absolute atomic E-state index is 12.2. The van der Waals surface area contributed by atoms with Crippen molar-refractivity contribution < 1.29 is 19.4 Å². The third-order valence-electron chi connectivity index (χ3n) is 5.34. The van der Waals surface area contributed by atoms with Gasteiger partial charge in [-0.15, -0.1) is 0 Å². The van der Waals surface area contributed by atoms with Crippen molar-refractivity contribution in [2.75, 3.05) is 0 Å². The monoisotopic (exact) mass is 488 g/mol. The zero-order chi connectivity index (χ0) is 24.0. The molecule has 1 N–H and O–H groups in total. The molecule has 0 fully saturated rings. The summed E-state index contributed by atoms with van der Waals surface area (Å²) in [4.78, 5) is 23.5. The lowest BCUT2D eigenvalue weighted by Gasteiger charge is -2.09. The van der Waals surface area contributed by atoms with Gasteiger partial charge in [0.15, 0.2) is 0 Å². The number of aryl methyl sites for hydroxylation is 1. The third kappa shape index (κ3) is 6.59. The Morgan fingerprint density at radius 1 is 0.939 bits per heavy atom. The summed E-state index contributed by atoms with van der Waals surface area (Å²) in [5.41, 5.74) is 5.22. The van der Waals surface area contributed by atoms with Crippen LogP contribution < -0.4 is 0 Å². The van der Waals surface area contributed by atoms with Gasteiger partial charge in [0.05, 0.1) is 35.1 Å². The first kappa shape index (κ1) is 24.8. The molecule has 8 heteroatoms. The van der Waals surface area contributed by atoms with E-state index in [-0.39, 0.29) is 25.4 Å². The molecule has 3 aromatic rings. The fraction of sp³-hybridized carbons (Fsp3) is 0.320. The van der Waals surface area contributed by atoms with Gasteiger partial charge in [-0.05, 0) is 41.7 Å². The molecule has 3 rings (SSSR count). The van der Waals surface area contributed by atoms with Gasteiger partial charge >= 0.3 is 11.9 Å². The van der Waals surface area contributed by atoms with E-state index in [4.69, 9.17) is 27.9 Å². The molecule has 0 saturated carbocycles. The number of aliphatic carboxylic acids is 1. The zero-order valence-corrected chi connectivity index (χ0v) is 20.1. The first-order chi connectivity index (χ1) is 15.8. The standard InChI is InChI=1S/C25H26Cl2N2O4/c1-3-22-19(13-24(30)31)23(4-2)29(28-22)14-17-7-5-16(6-8-17)12-25(32)33-15-18-9-10-20(26)21(27)11-18/h5-11H,3-4,12-15H2,1-2H3,(H,30,31). The third-order valence-corrected chi connectivity index (χ3v) is 6.07. The molecule has 1 aromatic heterocycles. The Bertz CT molecular complexity index is 1140. The van der Waals surface area contributed by atoms with Crippen molar-refractivity contribution in [3.05, 3.63) is 86.2 Å². The highest BCUT2D eigenvalue weighted by atomic mass is 35.5. The minimum absolute atomic E-state index is 0.0182. The summed E-state index contributed by atoms with van der Waals surface area (Å²) in [6.07, 6.45) is 1.53. The molecular weight excluding hydrogens is 463 g/mol. The highest BCUT2D eigenvalue weighted by molar-refractivity contribution is 6.42. The van der Waals surface area contributed by atoms with Crippen molar-refractivity contribution in [1.29, 1.82) is 0 Å². The second-order valence-electron chi connectivity index (χ2n) is 7.71. The van der Waals surface area contributed by atoms with Gasteiger partial charge in [0.1, 0.15) is 6.61 Å². The summed E-state index contributed by atoms with van der Waals surface area (Å²) >= 11 is 11.9. The maximum atomic E-state index is 12.2. The number of benzene rings is 2. The van der Waals surface area contributed by atoms with Crippen LogP contribution in [0, 0.1) is 0 Å². The summed E-state index contributed by atoms with van der Waals surface area (Å²) in [5, 5.41) is 14.8. The highest BCUT2D eigenvalue weighted by Crippen LogP contribution is 2.23. The predicted molar refractivity (Wildman–Crippen MR) is 128 cm³/mol. The first-order valence-corrected chi connectivity index (χ1v) is 11.5. The topological polar surface area (TPSA) is 81.4 Å². The molecule has 0 atom stereocenters. The van der Waals surface area contributed by atoms with Gasteiger partial charge in [-0.3, -0.25) is 14.3 Å². The smallest absolute Gasteiger partial charge is 0.310 e. The van der Waals surface area contributed by atoms with Crippen LogP contribution in [0.1, 0.15) is 47.5 Å². The highest BCUT2D eigenvalue weighted by Gasteiger charge is 2.18. The minimum atomic E-state index is -0.852. The van der Waals surface area contributed by atoms with E-state index in [1.54, 1.807) is 18.2 Å². The zero-order valence-electron chi connectivity index (χ0n) is 18.6. The summed E-state index contributed by atoms with van der Waals surface area (Å²) in [6, 6.07) is 12.8. The number of hydrogen-bond acceptors (Lipinski definition) is 4. The molecule has 0 aliphatic heterocycles. The lowest BCUT2D eigenvalue weighted by molar-refractivity contribution is -0.144.